The van der Waals surface area contributed by atoms with E-state index in [1.54, 1.807) is 18.3 Å². The number of nitrogens with one attached hydrogen (secondary N) is 1. The van der Waals surface area contributed by atoms with E-state index in [0.717, 1.165) is 11.3 Å². The second-order valence-corrected chi connectivity index (χ2v) is 9.41. The lowest BCUT2D eigenvalue weighted by molar-refractivity contribution is -0.119. The molecule has 1 aromatic heterocycles. The molecule has 0 radical (unpaired) electrons. The van der Waals surface area contributed by atoms with Crippen molar-refractivity contribution in [1.82, 2.24) is 9.29 Å². The third-order valence-corrected chi connectivity index (χ3v) is 6.89. The van der Waals surface area contributed by atoms with Crippen LogP contribution in [0.15, 0.2) is 34.9 Å². The number of oxazole rings is 1. The molecule has 1 fully saturated rings. The third-order valence-electron chi connectivity index (χ3n) is 4.82. The van der Waals surface area contributed by atoms with Crippen LogP contribution in [-0.2, 0) is 14.8 Å². The van der Waals surface area contributed by atoms with E-state index < -0.39 is 16.1 Å². The van der Waals surface area contributed by atoms with Gasteiger partial charge in [0.15, 0.2) is 0 Å². The monoisotopic (exact) mass is 405 g/mol. The molecule has 0 bridgehead atoms. The Kier molecular flexibility index (Phi) is 6.20. The van der Waals surface area contributed by atoms with E-state index in [-0.39, 0.29) is 17.6 Å². The van der Waals surface area contributed by atoms with E-state index >= 15 is 0 Å². The molecule has 7 nitrogen and oxygen atoms in total. The molecule has 152 valence electrons. The molecule has 1 saturated heterocycles. The van der Waals surface area contributed by atoms with Crippen LogP contribution >= 0.6 is 0 Å². The van der Waals surface area contributed by atoms with Crippen LogP contribution in [0, 0.1) is 0 Å². The quantitative estimate of drug-likeness (QED) is 0.760. The van der Waals surface area contributed by atoms with Gasteiger partial charge in [-0.15, -0.1) is 0 Å². The van der Waals surface area contributed by atoms with Crippen LogP contribution < -0.4 is 5.32 Å². The van der Waals surface area contributed by atoms with Gasteiger partial charge < -0.3 is 9.73 Å². The van der Waals surface area contributed by atoms with Crippen molar-refractivity contribution >= 4 is 21.6 Å². The van der Waals surface area contributed by atoms with E-state index in [1.165, 1.54) is 4.31 Å². The summed E-state index contributed by atoms with van der Waals surface area (Å²) in [5.41, 5.74) is 1.43. The highest BCUT2D eigenvalue weighted by Gasteiger charge is 2.38. The van der Waals surface area contributed by atoms with Crippen LogP contribution in [0.2, 0.25) is 0 Å². The summed E-state index contributed by atoms with van der Waals surface area (Å²) in [5.74, 6) is 1.40. The Hall–Kier alpha value is -2.19. The zero-order valence-electron chi connectivity index (χ0n) is 16.5. The first-order chi connectivity index (χ1) is 13.3. The summed E-state index contributed by atoms with van der Waals surface area (Å²) in [6.07, 6.45) is 3.50. The van der Waals surface area contributed by atoms with Crippen LogP contribution in [0.25, 0.3) is 11.5 Å². The van der Waals surface area contributed by atoms with Crippen molar-refractivity contribution in [3.05, 3.63) is 36.2 Å². The summed E-state index contributed by atoms with van der Waals surface area (Å²) in [5, 5.41) is 2.83. The van der Waals surface area contributed by atoms with E-state index in [2.05, 4.69) is 10.3 Å². The van der Waals surface area contributed by atoms with Gasteiger partial charge in [0.1, 0.15) is 11.8 Å². The van der Waals surface area contributed by atoms with Crippen molar-refractivity contribution in [3.8, 4) is 11.5 Å². The van der Waals surface area contributed by atoms with E-state index in [1.807, 2.05) is 32.9 Å². The fraction of sp³-hybridized carbons (Fsp3) is 0.500. The first kappa shape index (κ1) is 20.5. The summed E-state index contributed by atoms with van der Waals surface area (Å²) in [4.78, 5) is 16.9. The normalized spacial score (nSPS) is 17.9. The molecule has 1 aliphatic heterocycles. The molecule has 1 N–H and O–H groups in total. The van der Waals surface area contributed by atoms with Gasteiger partial charge in [0.25, 0.3) is 0 Å². The Morgan fingerprint density at radius 2 is 2.04 bits per heavy atom. The van der Waals surface area contributed by atoms with Crippen LogP contribution in [0.3, 0.4) is 0 Å². The van der Waals surface area contributed by atoms with E-state index in [4.69, 9.17) is 4.42 Å². The molecule has 0 aliphatic carbocycles. The summed E-state index contributed by atoms with van der Waals surface area (Å²) >= 11 is 0. The van der Waals surface area contributed by atoms with Crippen molar-refractivity contribution < 1.29 is 17.6 Å². The van der Waals surface area contributed by atoms with Gasteiger partial charge in [-0.3, -0.25) is 4.79 Å². The van der Waals surface area contributed by atoms with Crippen molar-refractivity contribution in [2.45, 2.75) is 52.0 Å². The van der Waals surface area contributed by atoms with Gasteiger partial charge in [-0.1, -0.05) is 20.8 Å². The Morgan fingerprint density at radius 3 is 2.64 bits per heavy atom. The molecular weight excluding hydrogens is 378 g/mol. The number of hydrogen-bond donors (Lipinski definition) is 1. The minimum atomic E-state index is -3.39. The van der Waals surface area contributed by atoms with Crippen molar-refractivity contribution in [3.63, 3.8) is 0 Å². The predicted molar refractivity (Wildman–Crippen MR) is 108 cm³/mol. The lowest BCUT2D eigenvalue weighted by Crippen LogP contribution is -2.44. The van der Waals surface area contributed by atoms with Gasteiger partial charge >= 0.3 is 0 Å². The van der Waals surface area contributed by atoms with Gasteiger partial charge in [-0.05, 0) is 43.5 Å². The van der Waals surface area contributed by atoms with Crippen molar-refractivity contribution in [1.29, 1.82) is 0 Å². The molecule has 2 heterocycles. The van der Waals surface area contributed by atoms with Gasteiger partial charge in [-0.2, -0.15) is 4.31 Å². The van der Waals surface area contributed by atoms with Crippen LogP contribution in [0.4, 0.5) is 5.69 Å². The zero-order valence-corrected chi connectivity index (χ0v) is 17.3. The number of hydrogen-bond acceptors (Lipinski definition) is 5. The summed E-state index contributed by atoms with van der Waals surface area (Å²) in [6.45, 7) is 6.30. The minimum absolute atomic E-state index is 0.0694. The second kappa shape index (κ2) is 8.45. The van der Waals surface area contributed by atoms with Crippen LogP contribution in [-0.4, -0.2) is 42.0 Å². The van der Waals surface area contributed by atoms with Crippen LogP contribution in [0.1, 0.15) is 51.7 Å². The van der Waals surface area contributed by atoms with Crippen molar-refractivity contribution in [2.24, 2.45) is 0 Å². The molecule has 1 amide bonds. The highest BCUT2D eigenvalue weighted by atomic mass is 32.2. The topological polar surface area (TPSA) is 92.5 Å². The predicted octanol–water partition coefficient (Wildman–Crippen LogP) is 3.61. The molecular formula is C20H27N3O4S. The largest absolute Gasteiger partial charge is 0.441 e. The number of rotatable bonds is 7. The van der Waals surface area contributed by atoms with Crippen molar-refractivity contribution in [2.75, 3.05) is 17.6 Å². The fourth-order valence-corrected chi connectivity index (χ4v) is 5.07. The highest BCUT2D eigenvalue weighted by Crippen LogP contribution is 2.26. The van der Waals surface area contributed by atoms with Gasteiger partial charge in [-0.25, -0.2) is 13.4 Å². The lowest BCUT2D eigenvalue weighted by Gasteiger charge is -2.23. The van der Waals surface area contributed by atoms with E-state index in [9.17, 15) is 13.2 Å². The van der Waals surface area contributed by atoms with Gasteiger partial charge in [0.05, 0.1) is 11.9 Å². The summed E-state index contributed by atoms with van der Waals surface area (Å²) in [6, 6.07) is 6.55. The summed E-state index contributed by atoms with van der Waals surface area (Å²) < 4.78 is 31.8. The maximum atomic E-state index is 12.7. The molecule has 1 atom stereocenters. The highest BCUT2D eigenvalue weighted by molar-refractivity contribution is 7.89. The molecule has 0 saturated carbocycles. The molecule has 1 unspecified atom stereocenters. The first-order valence-electron chi connectivity index (χ1n) is 9.68. The van der Waals surface area contributed by atoms with E-state index in [0.29, 0.717) is 37.4 Å². The molecule has 28 heavy (non-hydrogen) atoms. The number of amides is 1. The average Bonchev–Trinajstić information content (AvgIpc) is 3.32. The Balaban J connectivity index is 1.68. The number of carbonyl (C=O) groups excluding carboxylic acids is 1. The minimum Gasteiger partial charge on any atom is -0.441 e. The fourth-order valence-electron chi connectivity index (χ4n) is 3.32. The molecule has 3 rings (SSSR count). The number of anilines is 1. The third kappa shape index (κ3) is 4.44. The molecule has 1 aromatic carbocycles. The number of carbonyl (C=O) groups is 1. The molecule has 0 spiro atoms. The number of nitrogens with zero attached hydrogens (tertiary/aromatic N) is 2. The number of aromatic nitrogens is 1. The average molecular weight is 406 g/mol. The SMILES string of the molecule is CCCS(=O)(=O)N1CCCC1C(=O)Nc1ccc(-c2ncc(C(C)C)o2)cc1. The van der Waals surface area contributed by atoms with Crippen LogP contribution in [0.5, 0.6) is 0 Å². The summed E-state index contributed by atoms with van der Waals surface area (Å²) in [7, 11) is -3.39. The standard InChI is InChI=1S/C20H27N3O4S/c1-4-12-28(25,26)23-11-5-6-17(23)19(24)22-16-9-7-15(8-10-16)20-21-13-18(27-20)14(2)3/h7-10,13-14,17H,4-6,11-12H2,1-3H3,(H,22,24). The number of benzene rings is 1. The Bertz CT molecular complexity index is 919. The maximum Gasteiger partial charge on any atom is 0.242 e. The second-order valence-electron chi connectivity index (χ2n) is 7.37. The Morgan fingerprint density at radius 1 is 1.32 bits per heavy atom. The Labute approximate surface area is 166 Å². The molecule has 8 heteroatoms. The smallest absolute Gasteiger partial charge is 0.242 e. The number of sulfonamides is 1. The van der Waals surface area contributed by atoms with Gasteiger partial charge in [0, 0.05) is 23.7 Å². The molecule has 1 aliphatic rings. The lowest BCUT2D eigenvalue weighted by atomic mass is 10.2. The molecule has 2 aromatic rings. The zero-order chi connectivity index (χ0) is 20.3. The first-order valence-corrected chi connectivity index (χ1v) is 11.3. The maximum absolute atomic E-state index is 12.7. The van der Waals surface area contributed by atoms with Gasteiger partial charge in [0.2, 0.25) is 21.8 Å².